The zero-order valence-electron chi connectivity index (χ0n) is 14.9. The molecule has 25 heavy (non-hydrogen) atoms. The van der Waals surface area contributed by atoms with Gasteiger partial charge >= 0.3 is 0 Å². The lowest BCUT2D eigenvalue weighted by molar-refractivity contribution is 0.0795. The van der Waals surface area contributed by atoms with Crippen molar-refractivity contribution in [2.45, 2.75) is 32.4 Å². The second-order valence-corrected chi connectivity index (χ2v) is 7.23. The van der Waals surface area contributed by atoms with Crippen molar-refractivity contribution in [3.63, 3.8) is 0 Å². The van der Waals surface area contributed by atoms with Gasteiger partial charge in [-0.3, -0.25) is 9.69 Å². The van der Waals surface area contributed by atoms with Crippen molar-refractivity contribution < 1.29 is 9.53 Å². The molecule has 1 amide bonds. The molecule has 2 aliphatic heterocycles. The van der Waals surface area contributed by atoms with Gasteiger partial charge in [-0.15, -0.1) is 0 Å². The number of aromatic nitrogens is 1. The normalized spacial score (nSPS) is 20.9. The van der Waals surface area contributed by atoms with Crippen molar-refractivity contribution in [1.82, 2.24) is 14.8 Å². The van der Waals surface area contributed by atoms with Gasteiger partial charge in [-0.2, -0.15) is 0 Å². The minimum atomic E-state index is 0.0482. The Kier molecular flexibility index (Phi) is 4.25. The predicted molar refractivity (Wildman–Crippen MR) is 99.1 cm³/mol. The zero-order chi connectivity index (χ0) is 17.4. The molecule has 2 aromatic rings. The molecule has 5 nitrogen and oxygen atoms in total. The molecular weight excluding hydrogens is 314 g/mol. The number of H-pyrrole nitrogens is 1. The Labute approximate surface area is 148 Å². The summed E-state index contributed by atoms with van der Waals surface area (Å²) in [7, 11) is 0. The fraction of sp³-hybridized carbons (Fsp3) is 0.450. The van der Waals surface area contributed by atoms with Crippen LogP contribution in [0.3, 0.4) is 0 Å². The van der Waals surface area contributed by atoms with Gasteiger partial charge in [0.2, 0.25) is 0 Å². The summed E-state index contributed by atoms with van der Waals surface area (Å²) >= 11 is 0. The summed E-state index contributed by atoms with van der Waals surface area (Å²) < 4.78 is 6.17. The molecule has 1 N–H and O–H groups in total. The number of likely N-dealkylation sites (tertiary alicyclic amines) is 1. The van der Waals surface area contributed by atoms with Crippen molar-refractivity contribution in [2.75, 3.05) is 26.2 Å². The molecule has 1 fully saturated rings. The molecule has 0 spiro atoms. The standard InChI is InChI=1S/C20H25N3O2/c1-14(2)23-10-7-17(13-23)25-16-5-6-18-15(11-16)12-19(21-18)20(24)22-8-3-4-9-22/h3-6,11-12,14,17,21H,7-10,13H2,1-2H3. The van der Waals surface area contributed by atoms with Crippen LogP contribution in [-0.4, -0.2) is 59.0 Å². The number of hydrogen-bond acceptors (Lipinski definition) is 3. The molecule has 1 atom stereocenters. The van der Waals surface area contributed by atoms with E-state index in [1.807, 2.05) is 41.3 Å². The number of benzene rings is 1. The van der Waals surface area contributed by atoms with E-state index in [1.54, 1.807) is 0 Å². The lowest BCUT2D eigenvalue weighted by atomic mass is 10.2. The number of carbonyl (C=O) groups is 1. The number of ether oxygens (including phenoxy) is 1. The van der Waals surface area contributed by atoms with Crippen LogP contribution in [0.25, 0.3) is 10.9 Å². The number of hydrogen-bond donors (Lipinski definition) is 1. The van der Waals surface area contributed by atoms with Crippen molar-refractivity contribution >= 4 is 16.8 Å². The Morgan fingerprint density at radius 3 is 2.76 bits per heavy atom. The molecule has 3 heterocycles. The average molecular weight is 339 g/mol. The quantitative estimate of drug-likeness (QED) is 0.871. The monoisotopic (exact) mass is 339 g/mol. The molecule has 0 bridgehead atoms. The van der Waals surface area contributed by atoms with E-state index in [2.05, 4.69) is 23.7 Å². The highest BCUT2D eigenvalue weighted by atomic mass is 16.5. The van der Waals surface area contributed by atoms with E-state index >= 15 is 0 Å². The Morgan fingerprint density at radius 2 is 2.04 bits per heavy atom. The van der Waals surface area contributed by atoms with E-state index in [9.17, 15) is 4.79 Å². The number of fused-ring (bicyclic) bond motifs is 1. The number of nitrogens with one attached hydrogen (secondary N) is 1. The van der Waals surface area contributed by atoms with Gasteiger partial charge < -0.3 is 14.6 Å². The molecule has 4 rings (SSSR count). The van der Waals surface area contributed by atoms with Gasteiger partial charge in [0, 0.05) is 43.1 Å². The molecule has 0 radical (unpaired) electrons. The van der Waals surface area contributed by atoms with Gasteiger partial charge in [-0.25, -0.2) is 0 Å². The van der Waals surface area contributed by atoms with Gasteiger partial charge in [0.05, 0.1) is 0 Å². The van der Waals surface area contributed by atoms with Crippen LogP contribution in [0.5, 0.6) is 5.75 Å². The smallest absolute Gasteiger partial charge is 0.270 e. The minimum absolute atomic E-state index is 0.0482. The molecular formula is C20H25N3O2. The fourth-order valence-electron chi connectivity index (χ4n) is 3.63. The van der Waals surface area contributed by atoms with E-state index in [0.29, 0.717) is 24.8 Å². The summed E-state index contributed by atoms with van der Waals surface area (Å²) in [6.45, 7) is 7.91. The summed E-state index contributed by atoms with van der Waals surface area (Å²) in [4.78, 5) is 20.0. The van der Waals surface area contributed by atoms with Crippen molar-refractivity contribution in [2.24, 2.45) is 0 Å². The number of aromatic amines is 1. The van der Waals surface area contributed by atoms with Crippen molar-refractivity contribution in [3.8, 4) is 5.75 Å². The largest absolute Gasteiger partial charge is 0.489 e. The first-order chi connectivity index (χ1) is 12.1. The molecule has 1 aromatic carbocycles. The summed E-state index contributed by atoms with van der Waals surface area (Å²) in [6, 6.07) is 8.51. The molecule has 2 aliphatic rings. The second-order valence-electron chi connectivity index (χ2n) is 7.23. The number of rotatable bonds is 4. The minimum Gasteiger partial charge on any atom is -0.489 e. The molecule has 132 valence electrons. The van der Waals surface area contributed by atoms with E-state index < -0.39 is 0 Å². The van der Waals surface area contributed by atoms with E-state index in [1.165, 1.54) is 0 Å². The van der Waals surface area contributed by atoms with Crippen molar-refractivity contribution in [3.05, 3.63) is 42.1 Å². The van der Waals surface area contributed by atoms with Gasteiger partial charge in [-0.1, -0.05) is 12.2 Å². The Bertz CT molecular complexity index is 800. The molecule has 0 aliphatic carbocycles. The van der Waals surface area contributed by atoms with E-state index in [0.717, 1.165) is 36.2 Å². The van der Waals surface area contributed by atoms with Crippen LogP contribution in [-0.2, 0) is 0 Å². The third-order valence-corrected chi connectivity index (χ3v) is 5.14. The lowest BCUT2D eigenvalue weighted by Crippen LogP contribution is -2.30. The Balaban J connectivity index is 1.48. The summed E-state index contributed by atoms with van der Waals surface area (Å²) in [5, 5.41) is 1.02. The first-order valence-corrected chi connectivity index (χ1v) is 9.08. The highest BCUT2D eigenvalue weighted by Crippen LogP contribution is 2.25. The Hall–Kier alpha value is -2.27. The Morgan fingerprint density at radius 1 is 1.24 bits per heavy atom. The number of carbonyl (C=O) groups excluding carboxylic acids is 1. The summed E-state index contributed by atoms with van der Waals surface area (Å²) in [5.74, 6) is 0.927. The van der Waals surface area contributed by atoms with E-state index in [4.69, 9.17) is 4.74 Å². The van der Waals surface area contributed by atoms with Gasteiger partial charge in [-0.05, 0) is 44.5 Å². The average Bonchev–Trinajstić information content (AvgIpc) is 3.34. The van der Waals surface area contributed by atoms with Crippen LogP contribution in [0.1, 0.15) is 30.8 Å². The third-order valence-electron chi connectivity index (χ3n) is 5.14. The molecule has 5 heteroatoms. The lowest BCUT2D eigenvalue weighted by Gasteiger charge is -2.20. The molecule has 0 saturated carbocycles. The van der Waals surface area contributed by atoms with Crippen LogP contribution in [0, 0.1) is 0 Å². The van der Waals surface area contributed by atoms with Crippen LogP contribution < -0.4 is 4.74 Å². The first kappa shape index (κ1) is 16.2. The van der Waals surface area contributed by atoms with Gasteiger partial charge in [0.1, 0.15) is 17.5 Å². The SMILES string of the molecule is CC(C)N1CCC(Oc2ccc3[nH]c(C(=O)N4CC=CC4)cc3c2)C1. The van der Waals surface area contributed by atoms with Crippen molar-refractivity contribution in [1.29, 1.82) is 0 Å². The fourth-order valence-corrected chi connectivity index (χ4v) is 3.63. The second kappa shape index (κ2) is 6.56. The maximum Gasteiger partial charge on any atom is 0.270 e. The highest BCUT2D eigenvalue weighted by Gasteiger charge is 2.25. The first-order valence-electron chi connectivity index (χ1n) is 9.08. The van der Waals surface area contributed by atoms with Crippen LogP contribution >= 0.6 is 0 Å². The third kappa shape index (κ3) is 3.29. The molecule has 1 aromatic heterocycles. The highest BCUT2D eigenvalue weighted by molar-refractivity contribution is 5.98. The number of nitrogens with zero attached hydrogens (tertiary/aromatic N) is 2. The van der Waals surface area contributed by atoms with Gasteiger partial charge in [0.25, 0.3) is 5.91 Å². The van der Waals surface area contributed by atoms with Gasteiger partial charge in [0.15, 0.2) is 0 Å². The maximum absolute atomic E-state index is 12.5. The topological polar surface area (TPSA) is 48.6 Å². The predicted octanol–water partition coefficient (Wildman–Crippen LogP) is 3.04. The van der Waals surface area contributed by atoms with Crippen LogP contribution in [0.4, 0.5) is 0 Å². The molecule has 1 saturated heterocycles. The maximum atomic E-state index is 12.5. The zero-order valence-corrected chi connectivity index (χ0v) is 14.9. The van der Waals surface area contributed by atoms with Crippen LogP contribution in [0.2, 0.25) is 0 Å². The van der Waals surface area contributed by atoms with E-state index in [-0.39, 0.29) is 12.0 Å². The summed E-state index contributed by atoms with van der Waals surface area (Å²) in [6.07, 6.45) is 5.36. The number of amides is 1. The van der Waals surface area contributed by atoms with Crippen LogP contribution in [0.15, 0.2) is 36.4 Å². The molecule has 1 unspecified atom stereocenters. The summed E-state index contributed by atoms with van der Waals surface area (Å²) in [5.41, 5.74) is 1.61.